The first-order valence-electron chi connectivity index (χ1n) is 6.83. The highest BCUT2D eigenvalue weighted by Gasteiger charge is 2.35. The minimum absolute atomic E-state index is 0.105. The Kier molecular flexibility index (Phi) is 4.09. The van der Waals surface area contributed by atoms with Crippen LogP contribution in [-0.2, 0) is 4.79 Å². The molecule has 1 aromatic carbocycles. The number of hydrogen-bond acceptors (Lipinski definition) is 4. The molecule has 0 spiro atoms. The number of amides is 1. The van der Waals surface area contributed by atoms with E-state index in [2.05, 4.69) is 4.98 Å². The molecule has 0 aliphatic carbocycles. The number of hydrogen-bond donors (Lipinski definition) is 0. The van der Waals surface area contributed by atoms with Crippen LogP contribution in [-0.4, -0.2) is 15.2 Å². The van der Waals surface area contributed by atoms with E-state index in [1.54, 1.807) is 12.3 Å². The summed E-state index contributed by atoms with van der Waals surface area (Å²) in [5.41, 5.74) is 3.17. The second kappa shape index (κ2) is 6.02. The Hall–Kier alpha value is -1.98. The van der Waals surface area contributed by atoms with Gasteiger partial charge in [-0.3, -0.25) is 4.79 Å². The molecule has 0 unspecified atom stereocenters. The van der Waals surface area contributed by atoms with Crippen LogP contribution >= 0.6 is 24.0 Å². The summed E-state index contributed by atoms with van der Waals surface area (Å²) in [6.45, 7) is 4.00. The number of carbonyl (C=O) groups excluding carboxylic acids is 1. The average molecular weight is 326 g/mol. The third kappa shape index (κ3) is 2.69. The zero-order valence-electron chi connectivity index (χ0n) is 12.2. The molecule has 1 fully saturated rings. The van der Waals surface area contributed by atoms with Crippen molar-refractivity contribution in [2.24, 2.45) is 0 Å². The number of allylic oxidation sites excluding steroid dienone is 1. The summed E-state index contributed by atoms with van der Waals surface area (Å²) < 4.78 is 0.519. The molecule has 22 heavy (non-hydrogen) atoms. The van der Waals surface area contributed by atoms with E-state index < -0.39 is 0 Å². The lowest BCUT2D eigenvalue weighted by Gasteiger charge is -2.12. The molecular weight excluding hydrogens is 312 g/mol. The van der Waals surface area contributed by atoms with Gasteiger partial charge in [-0.25, -0.2) is 9.88 Å². The largest absolute Gasteiger partial charge is 0.272 e. The summed E-state index contributed by atoms with van der Waals surface area (Å²) in [6.07, 6.45) is 1.66. The Bertz CT molecular complexity index is 767. The Morgan fingerprint density at radius 1 is 1.18 bits per heavy atom. The number of benzene rings is 1. The number of nitrogens with zero attached hydrogens (tertiary/aromatic N) is 2. The Morgan fingerprint density at radius 3 is 2.55 bits per heavy atom. The average Bonchev–Trinajstić information content (AvgIpc) is 2.83. The standard InChI is InChI=1S/C17H14N2OS2/c1-11-6-8-13(9-7-11)12(2)15-16(20)19(17(21)22-15)14-5-3-4-10-18-14/h3-10H,1-2H3/b15-12-. The van der Waals surface area contributed by atoms with Gasteiger partial charge in [0.05, 0.1) is 4.91 Å². The molecule has 2 heterocycles. The van der Waals surface area contributed by atoms with Crippen molar-refractivity contribution in [3.05, 3.63) is 64.7 Å². The fourth-order valence-electron chi connectivity index (χ4n) is 2.22. The number of rotatable bonds is 2. The first-order valence-corrected chi connectivity index (χ1v) is 8.05. The van der Waals surface area contributed by atoms with Gasteiger partial charge in [0, 0.05) is 6.20 Å². The van der Waals surface area contributed by atoms with Gasteiger partial charge in [-0.2, -0.15) is 0 Å². The van der Waals surface area contributed by atoms with E-state index in [1.807, 2.05) is 50.2 Å². The van der Waals surface area contributed by atoms with Gasteiger partial charge in [0.2, 0.25) is 0 Å². The molecule has 1 aliphatic rings. The molecule has 110 valence electrons. The smallest absolute Gasteiger partial charge is 0.268 e. The molecule has 3 nitrogen and oxygen atoms in total. The third-order valence-electron chi connectivity index (χ3n) is 3.47. The molecule has 0 atom stereocenters. The maximum Gasteiger partial charge on any atom is 0.272 e. The number of thioether (sulfide) groups is 1. The zero-order chi connectivity index (χ0) is 15.7. The predicted octanol–water partition coefficient (Wildman–Crippen LogP) is 4.19. The first kappa shape index (κ1) is 14.9. The van der Waals surface area contributed by atoms with E-state index in [0.717, 1.165) is 11.1 Å². The molecule has 0 bridgehead atoms. The van der Waals surface area contributed by atoms with Gasteiger partial charge in [-0.15, -0.1) is 0 Å². The van der Waals surface area contributed by atoms with Crippen LogP contribution in [0.5, 0.6) is 0 Å². The van der Waals surface area contributed by atoms with Crippen LogP contribution in [0.2, 0.25) is 0 Å². The second-order valence-corrected chi connectivity index (χ2v) is 6.66. The molecule has 3 rings (SSSR count). The molecule has 5 heteroatoms. The van der Waals surface area contributed by atoms with Crippen LogP contribution in [0.3, 0.4) is 0 Å². The van der Waals surface area contributed by atoms with Crippen LogP contribution in [0.4, 0.5) is 5.82 Å². The van der Waals surface area contributed by atoms with Gasteiger partial charge in [0.25, 0.3) is 5.91 Å². The van der Waals surface area contributed by atoms with Gasteiger partial charge in [0.1, 0.15) is 5.82 Å². The predicted molar refractivity (Wildman–Crippen MR) is 95.7 cm³/mol. The summed E-state index contributed by atoms with van der Waals surface area (Å²) in [5, 5.41) is 0. The summed E-state index contributed by atoms with van der Waals surface area (Å²) in [6, 6.07) is 13.6. The van der Waals surface area contributed by atoms with Crippen molar-refractivity contribution in [2.75, 3.05) is 4.90 Å². The molecule has 0 N–H and O–H groups in total. The van der Waals surface area contributed by atoms with E-state index in [0.29, 0.717) is 15.0 Å². The number of aromatic nitrogens is 1. The van der Waals surface area contributed by atoms with E-state index in [9.17, 15) is 4.79 Å². The topological polar surface area (TPSA) is 33.2 Å². The highest BCUT2D eigenvalue weighted by Crippen LogP contribution is 2.38. The Morgan fingerprint density at radius 2 is 1.91 bits per heavy atom. The molecule has 1 aliphatic heterocycles. The van der Waals surface area contributed by atoms with E-state index >= 15 is 0 Å². The molecule has 1 saturated heterocycles. The molecule has 1 amide bonds. The third-order valence-corrected chi connectivity index (χ3v) is 4.95. The maximum atomic E-state index is 12.7. The van der Waals surface area contributed by atoms with Crippen molar-refractivity contribution in [2.45, 2.75) is 13.8 Å². The highest BCUT2D eigenvalue weighted by molar-refractivity contribution is 8.27. The number of pyridine rings is 1. The quantitative estimate of drug-likeness (QED) is 0.612. The Labute approximate surface area is 139 Å². The molecule has 0 saturated carbocycles. The summed E-state index contributed by atoms with van der Waals surface area (Å²) in [5.74, 6) is 0.462. The molecule has 0 radical (unpaired) electrons. The highest BCUT2D eigenvalue weighted by atomic mass is 32.2. The SMILES string of the molecule is C/C(=C1/SC(=S)N(c2ccccn2)C1=O)c1ccc(C)cc1. The normalized spacial score (nSPS) is 17.1. The summed E-state index contributed by atoms with van der Waals surface area (Å²) in [4.78, 5) is 19.1. The van der Waals surface area contributed by atoms with Crippen molar-refractivity contribution >= 4 is 45.6 Å². The van der Waals surface area contributed by atoms with E-state index in [-0.39, 0.29) is 5.91 Å². The maximum absolute atomic E-state index is 12.7. The lowest BCUT2D eigenvalue weighted by Crippen LogP contribution is -2.28. The van der Waals surface area contributed by atoms with Crippen LogP contribution in [0, 0.1) is 6.92 Å². The van der Waals surface area contributed by atoms with Crippen LogP contribution in [0.15, 0.2) is 53.6 Å². The fourth-order valence-corrected chi connectivity index (χ4v) is 3.53. The molecule has 1 aromatic heterocycles. The van der Waals surface area contributed by atoms with Crippen LogP contribution < -0.4 is 4.90 Å². The summed E-state index contributed by atoms with van der Waals surface area (Å²) >= 11 is 6.69. The zero-order valence-corrected chi connectivity index (χ0v) is 13.9. The minimum atomic E-state index is -0.105. The van der Waals surface area contributed by atoms with Gasteiger partial charge in [-0.05, 0) is 37.1 Å². The lowest BCUT2D eigenvalue weighted by molar-refractivity contribution is -0.113. The number of carbonyl (C=O) groups is 1. The van der Waals surface area contributed by atoms with Crippen molar-refractivity contribution in [1.82, 2.24) is 4.98 Å². The molecule has 2 aromatic rings. The van der Waals surface area contributed by atoms with E-state index in [1.165, 1.54) is 22.2 Å². The van der Waals surface area contributed by atoms with Gasteiger partial charge >= 0.3 is 0 Å². The number of thiocarbonyl (C=S) groups is 1. The van der Waals surface area contributed by atoms with Crippen molar-refractivity contribution in [3.63, 3.8) is 0 Å². The van der Waals surface area contributed by atoms with Gasteiger partial charge in [0.15, 0.2) is 4.32 Å². The van der Waals surface area contributed by atoms with Crippen LogP contribution in [0.1, 0.15) is 18.1 Å². The van der Waals surface area contributed by atoms with Crippen molar-refractivity contribution < 1.29 is 4.79 Å². The summed E-state index contributed by atoms with van der Waals surface area (Å²) in [7, 11) is 0. The van der Waals surface area contributed by atoms with Gasteiger partial charge in [-0.1, -0.05) is 59.9 Å². The van der Waals surface area contributed by atoms with Gasteiger partial charge < -0.3 is 0 Å². The number of anilines is 1. The Balaban J connectivity index is 2.00. The van der Waals surface area contributed by atoms with Crippen molar-refractivity contribution in [1.29, 1.82) is 0 Å². The van der Waals surface area contributed by atoms with E-state index in [4.69, 9.17) is 12.2 Å². The lowest BCUT2D eigenvalue weighted by atomic mass is 10.1. The second-order valence-electron chi connectivity index (χ2n) is 5.02. The molecular formula is C17H14N2OS2. The number of aryl methyl sites for hydroxylation is 1. The van der Waals surface area contributed by atoms with Crippen LogP contribution in [0.25, 0.3) is 5.57 Å². The van der Waals surface area contributed by atoms with Crippen molar-refractivity contribution in [3.8, 4) is 0 Å². The minimum Gasteiger partial charge on any atom is -0.268 e. The first-order chi connectivity index (χ1) is 10.6. The fraction of sp³-hybridized carbons (Fsp3) is 0.118. The monoisotopic (exact) mass is 326 g/mol.